The molecule has 102 valence electrons. The Morgan fingerprint density at radius 2 is 1.94 bits per heavy atom. The Hall–Kier alpha value is -0.120. The van der Waals surface area contributed by atoms with Gasteiger partial charge >= 0.3 is 0 Å². The zero-order valence-electron chi connectivity index (χ0n) is 11.9. The number of rotatable bonds is 7. The molecule has 1 aliphatic carbocycles. The van der Waals surface area contributed by atoms with E-state index < -0.39 is 0 Å². The van der Waals surface area contributed by atoms with Crippen LogP contribution in [0, 0.1) is 0 Å². The smallest absolute Gasteiger partial charge is 0.0754 e. The largest absolute Gasteiger partial charge is 0.381 e. The van der Waals surface area contributed by atoms with E-state index in [9.17, 15) is 0 Å². The van der Waals surface area contributed by atoms with E-state index in [1.54, 1.807) is 7.11 Å². The van der Waals surface area contributed by atoms with Gasteiger partial charge in [0.15, 0.2) is 0 Å². The summed E-state index contributed by atoms with van der Waals surface area (Å²) in [6, 6.07) is 0. The molecule has 0 spiro atoms. The molecule has 0 aromatic heterocycles. The number of ether oxygens (including phenoxy) is 2. The Bertz CT molecular complexity index is 206. The van der Waals surface area contributed by atoms with E-state index in [1.807, 2.05) is 0 Å². The first kappa shape index (κ1) is 14.9. The SMILES string of the molecule is CCCNCC(C)(C)OC1CCCC(OC)C1. The summed E-state index contributed by atoms with van der Waals surface area (Å²) >= 11 is 0. The highest BCUT2D eigenvalue weighted by molar-refractivity contribution is 4.79. The summed E-state index contributed by atoms with van der Waals surface area (Å²) in [7, 11) is 1.81. The molecular weight excluding hydrogens is 214 g/mol. The molecule has 0 aromatic rings. The molecule has 0 aromatic carbocycles. The Morgan fingerprint density at radius 3 is 2.59 bits per heavy atom. The minimum absolute atomic E-state index is 0.0739. The fourth-order valence-electron chi connectivity index (χ4n) is 2.48. The minimum Gasteiger partial charge on any atom is -0.381 e. The molecule has 0 aliphatic heterocycles. The Balaban J connectivity index is 2.30. The van der Waals surface area contributed by atoms with E-state index in [2.05, 4.69) is 26.1 Å². The van der Waals surface area contributed by atoms with Gasteiger partial charge in [-0.25, -0.2) is 0 Å². The van der Waals surface area contributed by atoms with E-state index in [-0.39, 0.29) is 5.60 Å². The summed E-state index contributed by atoms with van der Waals surface area (Å²) in [4.78, 5) is 0. The van der Waals surface area contributed by atoms with Gasteiger partial charge in [-0.2, -0.15) is 0 Å². The number of methoxy groups -OCH3 is 1. The van der Waals surface area contributed by atoms with Crippen LogP contribution in [0.15, 0.2) is 0 Å². The van der Waals surface area contributed by atoms with Crippen LogP contribution in [0.2, 0.25) is 0 Å². The van der Waals surface area contributed by atoms with Crippen LogP contribution < -0.4 is 5.32 Å². The maximum Gasteiger partial charge on any atom is 0.0754 e. The number of nitrogens with one attached hydrogen (secondary N) is 1. The van der Waals surface area contributed by atoms with Crippen molar-refractivity contribution in [3.63, 3.8) is 0 Å². The third kappa shape index (κ3) is 5.84. The second-order valence-corrected chi connectivity index (χ2v) is 5.70. The van der Waals surface area contributed by atoms with Crippen molar-refractivity contribution < 1.29 is 9.47 Å². The molecule has 0 amide bonds. The summed E-state index contributed by atoms with van der Waals surface area (Å²) in [6.45, 7) is 8.52. The van der Waals surface area contributed by atoms with Crippen LogP contribution in [-0.4, -0.2) is 38.0 Å². The standard InChI is InChI=1S/C14H29NO2/c1-5-9-15-11-14(2,3)17-13-8-6-7-12(10-13)16-4/h12-13,15H,5-11H2,1-4H3. The molecule has 0 heterocycles. The predicted molar refractivity (Wildman–Crippen MR) is 71.4 cm³/mol. The Morgan fingerprint density at radius 1 is 1.24 bits per heavy atom. The summed E-state index contributed by atoms with van der Waals surface area (Å²) in [6.07, 6.45) is 6.57. The van der Waals surface area contributed by atoms with Gasteiger partial charge in [0.1, 0.15) is 0 Å². The summed E-state index contributed by atoms with van der Waals surface area (Å²) in [5.74, 6) is 0. The van der Waals surface area contributed by atoms with Gasteiger partial charge in [0, 0.05) is 13.7 Å². The third-order valence-electron chi connectivity index (χ3n) is 3.37. The van der Waals surface area contributed by atoms with E-state index in [1.165, 1.54) is 25.7 Å². The van der Waals surface area contributed by atoms with Gasteiger partial charge in [-0.3, -0.25) is 0 Å². The van der Waals surface area contributed by atoms with Crippen molar-refractivity contribution >= 4 is 0 Å². The molecule has 0 saturated heterocycles. The van der Waals surface area contributed by atoms with Gasteiger partial charge in [0.05, 0.1) is 17.8 Å². The molecular formula is C14H29NO2. The van der Waals surface area contributed by atoms with Crippen molar-refractivity contribution in [3.8, 4) is 0 Å². The van der Waals surface area contributed by atoms with Crippen LogP contribution in [0.5, 0.6) is 0 Å². The van der Waals surface area contributed by atoms with Gasteiger partial charge in [0.25, 0.3) is 0 Å². The maximum atomic E-state index is 6.21. The molecule has 1 fully saturated rings. The first-order valence-corrected chi connectivity index (χ1v) is 6.98. The van der Waals surface area contributed by atoms with Crippen molar-refractivity contribution in [2.24, 2.45) is 0 Å². The van der Waals surface area contributed by atoms with Crippen LogP contribution in [0.4, 0.5) is 0 Å². The summed E-state index contributed by atoms with van der Waals surface area (Å²) in [5, 5.41) is 3.43. The number of hydrogen-bond acceptors (Lipinski definition) is 3. The lowest BCUT2D eigenvalue weighted by Crippen LogP contribution is -2.42. The van der Waals surface area contributed by atoms with Crippen LogP contribution in [0.3, 0.4) is 0 Å². The molecule has 1 rings (SSSR count). The van der Waals surface area contributed by atoms with Crippen molar-refractivity contribution in [2.75, 3.05) is 20.2 Å². The molecule has 3 nitrogen and oxygen atoms in total. The lowest BCUT2D eigenvalue weighted by atomic mass is 9.94. The Labute approximate surface area is 106 Å². The second-order valence-electron chi connectivity index (χ2n) is 5.70. The molecule has 2 unspecified atom stereocenters. The Kier molecular flexibility index (Phi) is 6.45. The molecule has 0 bridgehead atoms. The van der Waals surface area contributed by atoms with Crippen LogP contribution >= 0.6 is 0 Å². The number of hydrogen-bond donors (Lipinski definition) is 1. The topological polar surface area (TPSA) is 30.5 Å². The zero-order chi connectivity index (χ0) is 12.7. The van der Waals surface area contributed by atoms with Crippen molar-refractivity contribution in [1.82, 2.24) is 5.32 Å². The molecule has 1 N–H and O–H groups in total. The third-order valence-corrected chi connectivity index (χ3v) is 3.37. The van der Waals surface area contributed by atoms with Gasteiger partial charge < -0.3 is 14.8 Å². The van der Waals surface area contributed by atoms with Crippen molar-refractivity contribution in [1.29, 1.82) is 0 Å². The van der Waals surface area contributed by atoms with Crippen LogP contribution in [0.25, 0.3) is 0 Å². The van der Waals surface area contributed by atoms with Crippen molar-refractivity contribution in [3.05, 3.63) is 0 Å². The normalized spacial score (nSPS) is 26.1. The van der Waals surface area contributed by atoms with E-state index in [0.29, 0.717) is 12.2 Å². The van der Waals surface area contributed by atoms with E-state index in [4.69, 9.17) is 9.47 Å². The first-order chi connectivity index (χ1) is 8.07. The minimum atomic E-state index is -0.0739. The fourth-order valence-corrected chi connectivity index (χ4v) is 2.48. The molecule has 17 heavy (non-hydrogen) atoms. The highest BCUT2D eigenvalue weighted by Gasteiger charge is 2.28. The predicted octanol–water partition coefficient (Wildman–Crippen LogP) is 2.74. The van der Waals surface area contributed by atoms with Gasteiger partial charge in [-0.1, -0.05) is 6.92 Å². The van der Waals surface area contributed by atoms with E-state index >= 15 is 0 Å². The highest BCUT2D eigenvalue weighted by atomic mass is 16.5. The molecule has 3 heteroatoms. The van der Waals surface area contributed by atoms with Gasteiger partial charge in [-0.15, -0.1) is 0 Å². The van der Waals surface area contributed by atoms with Gasteiger partial charge in [-0.05, 0) is 52.5 Å². The van der Waals surface area contributed by atoms with Crippen molar-refractivity contribution in [2.45, 2.75) is 70.7 Å². The van der Waals surface area contributed by atoms with Crippen LogP contribution in [-0.2, 0) is 9.47 Å². The molecule has 0 radical (unpaired) electrons. The molecule has 2 atom stereocenters. The van der Waals surface area contributed by atoms with E-state index in [0.717, 1.165) is 19.5 Å². The lowest BCUT2D eigenvalue weighted by molar-refractivity contribution is -0.104. The zero-order valence-corrected chi connectivity index (χ0v) is 11.9. The molecule has 1 saturated carbocycles. The average molecular weight is 243 g/mol. The van der Waals surface area contributed by atoms with Crippen LogP contribution in [0.1, 0.15) is 52.9 Å². The maximum absolute atomic E-state index is 6.21. The summed E-state index contributed by atoms with van der Waals surface area (Å²) in [5.41, 5.74) is -0.0739. The quantitative estimate of drug-likeness (QED) is 0.697. The average Bonchev–Trinajstić information content (AvgIpc) is 2.29. The van der Waals surface area contributed by atoms with Gasteiger partial charge in [0.2, 0.25) is 0 Å². The highest BCUT2D eigenvalue weighted by Crippen LogP contribution is 2.26. The second kappa shape index (κ2) is 7.34. The lowest BCUT2D eigenvalue weighted by Gasteiger charge is -2.35. The first-order valence-electron chi connectivity index (χ1n) is 6.98. The molecule has 1 aliphatic rings. The fraction of sp³-hybridized carbons (Fsp3) is 1.00. The monoisotopic (exact) mass is 243 g/mol. The summed E-state index contributed by atoms with van der Waals surface area (Å²) < 4.78 is 11.7.